The van der Waals surface area contributed by atoms with Crippen molar-refractivity contribution in [3.63, 3.8) is 0 Å². The Hall–Kier alpha value is -1.06. The number of phenolic OH excluding ortho intramolecular Hbond substituents is 1. The third kappa shape index (κ3) is 2.54. The van der Waals surface area contributed by atoms with Crippen LogP contribution in [0.2, 0.25) is 0 Å². The van der Waals surface area contributed by atoms with Crippen molar-refractivity contribution < 1.29 is 9.84 Å². The summed E-state index contributed by atoms with van der Waals surface area (Å²) in [5.41, 5.74) is 0.621. The Balaban J connectivity index is 2.10. The Bertz CT molecular complexity index is 389. The van der Waals surface area contributed by atoms with E-state index in [1.165, 1.54) is 0 Å². The molecule has 1 aromatic rings. The molecular weight excluding hydrogens is 202 g/mol. The van der Waals surface area contributed by atoms with Crippen molar-refractivity contribution in [1.82, 2.24) is 5.32 Å². The molecule has 16 heavy (non-hydrogen) atoms. The predicted octanol–water partition coefficient (Wildman–Crippen LogP) is 2.05. The lowest BCUT2D eigenvalue weighted by Gasteiger charge is -2.27. The molecule has 2 rings (SSSR count). The van der Waals surface area contributed by atoms with Crippen molar-refractivity contribution >= 4 is 0 Å². The molecule has 1 aliphatic heterocycles. The zero-order valence-corrected chi connectivity index (χ0v) is 10.1. The minimum absolute atomic E-state index is 0.119. The van der Waals surface area contributed by atoms with Gasteiger partial charge in [0.05, 0.1) is 5.60 Å². The van der Waals surface area contributed by atoms with Crippen LogP contribution in [0, 0.1) is 0 Å². The lowest BCUT2D eigenvalue weighted by molar-refractivity contribution is -0.0785. The fourth-order valence-electron chi connectivity index (χ4n) is 2.24. The molecule has 3 heteroatoms. The maximum atomic E-state index is 9.41. The molecule has 0 radical (unpaired) electrons. The van der Waals surface area contributed by atoms with Gasteiger partial charge < -0.3 is 9.84 Å². The second kappa shape index (κ2) is 3.75. The van der Waals surface area contributed by atoms with Gasteiger partial charge >= 0.3 is 0 Å². The minimum atomic E-state index is -0.336. The zero-order chi connectivity index (χ0) is 11.8. The lowest BCUT2D eigenvalue weighted by atomic mass is 10.0. The molecule has 1 aromatic carbocycles. The highest BCUT2D eigenvalue weighted by Crippen LogP contribution is 2.28. The van der Waals surface area contributed by atoms with E-state index >= 15 is 0 Å². The van der Waals surface area contributed by atoms with Gasteiger partial charge in [0.15, 0.2) is 0 Å². The van der Waals surface area contributed by atoms with Gasteiger partial charge in [-0.2, -0.15) is 0 Å². The van der Waals surface area contributed by atoms with Crippen molar-refractivity contribution in [1.29, 1.82) is 0 Å². The Morgan fingerprint density at radius 3 is 2.69 bits per heavy atom. The van der Waals surface area contributed by atoms with Crippen LogP contribution in [0.15, 0.2) is 24.3 Å². The first kappa shape index (κ1) is 11.4. The van der Waals surface area contributed by atoms with Gasteiger partial charge in [-0.3, -0.25) is 5.32 Å². The summed E-state index contributed by atoms with van der Waals surface area (Å²) in [6.07, 6.45) is 0.755. The number of hydrogen-bond acceptors (Lipinski definition) is 3. The molecule has 1 unspecified atom stereocenters. The molecule has 0 spiro atoms. The van der Waals surface area contributed by atoms with E-state index in [1.54, 1.807) is 12.1 Å². The highest BCUT2D eigenvalue weighted by Gasteiger charge is 2.40. The quantitative estimate of drug-likeness (QED) is 0.803. The molecule has 88 valence electrons. The van der Waals surface area contributed by atoms with Crippen LogP contribution in [0.5, 0.6) is 5.75 Å². The van der Waals surface area contributed by atoms with Gasteiger partial charge in [0.25, 0.3) is 0 Å². The van der Waals surface area contributed by atoms with E-state index in [2.05, 4.69) is 19.2 Å². The maximum Gasteiger partial charge on any atom is 0.121 e. The second-order valence-corrected chi connectivity index (χ2v) is 5.29. The van der Waals surface area contributed by atoms with E-state index < -0.39 is 0 Å². The van der Waals surface area contributed by atoms with Crippen LogP contribution in [-0.4, -0.2) is 23.0 Å². The summed E-state index contributed by atoms with van der Waals surface area (Å²) in [4.78, 5) is 0. The monoisotopic (exact) mass is 221 g/mol. The highest BCUT2D eigenvalue weighted by molar-refractivity contribution is 5.28. The molecule has 0 aromatic heterocycles. The minimum Gasteiger partial charge on any atom is -0.508 e. The van der Waals surface area contributed by atoms with Crippen LogP contribution < -0.4 is 5.32 Å². The van der Waals surface area contributed by atoms with Gasteiger partial charge in [0.2, 0.25) is 0 Å². The average Bonchev–Trinajstić information content (AvgIpc) is 2.40. The second-order valence-electron chi connectivity index (χ2n) is 5.29. The Morgan fingerprint density at radius 1 is 1.38 bits per heavy atom. The van der Waals surface area contributed by atoms with Gasteiger partial charge in [-0.1, -0.05) is 12.1 Å². The molecule has 0 amide bonds. The van der Waals surface area contributed by atoms with Crippen LogP contribution in [0.25, 0.3) is 0 Å². The number of rotatable bonds is 2. The fourth-order valence-corrected chi connectivity index (χ4v) is 2.24. The number of hydrogen-bond donors (Lipinski definition) is 2. The van der Waals surface area contributed by atoms with E-state index in [0.717, 1.165) is 18.5 Å². The molecule has 2 N–H and O–H groups in total. The van der Waals surface area contributed by atoms with E-state index in [4.69, 9.17) is 4.74 Å². The predicted molar refractivity (Wildman–Crippen MR) is 63.4 cm³/mol. The summed E-state index contributed by atoms with van der Waals surface area (Å²) in [7, 11) is 0. The zero-order valence-electron chi connectivity index (χ0n) is 10.1. The summed E-state index contributed by atoms with van der Waals surface area (Å²) in [6, 6.07) is 7.32. The third-order valence-electron chi connectivity index (χ3n) is 2.84. The summed E-state index contributed by atoms with van der Waals surface area (Å²) in [5, 5.41) is 12.8. The van der Waals surface area contributed by atoms with Crippen LogP contribution >= 0.6 is 0 Å². The number of aromatic hydroxyl groups is 1. The topological polar surface area (TPSA) is 41.5 Å². The first-order chi connectivity index (χ1) is 7.39. The van der Waals surface area contributed by atoms with E-state index in [9.17, 15) is 5.11 Å². The average molecular weight is 221 g/mol. The molecule has 1 heterocycles. The number of ether oxygens (including phenoxy) is 1. The number of benzene rings is 1. The van der Waals surface area contributed by atoms with E-state index in [0.29, 0.717) is 5.75 Å². The molecular formula is C13H19NO2. The highest BCUT2D eigenvalue weighted by atomic mass is 16.5. The molecule has 1 aliphatic rings. The van der Waals surface area contributed by atoms with Gasteiger partial charge in [0.1, 0.15) is 11.5 Å². The van der Waals surface area contributed by atoms with E-state index in [-0.39, 0.29) is 11.3 Å². The first-order valence-electron chi connectivity index (χ1n) is 5.62. The molecule has 0 saturated carbocycles. The van der Waals surface area contributed by atoms with Gasteiger partial charge in [-0.05, 0) is 38.5 Å². The van der Waals surface area contributed by atoms with Crippen molar-refractivity contribution in [3.05, 3.63) is 29.8 Å². The molecule has 1 fully saturated rings. The molecule has 0 aliphatic carbocycles. The van der Waals surface area contributed by atoms with Crippen molar-refractivity contribution in [2.45, 2.75) is 38.5 Å². The summed E-state index contributed by atoms with van der Waals surface area (Å²) < 4.78 is 5.99. The molecule has 0 bridgehead atoms. The van der Waals surface area contributed by atoms with Crippen molar-refractivity contribution in [2.24, 2.45) is 0 Å². The van der Waals surface area contributed by atoms with Gasteiger partial charge in [-0.15, -0.1) is 0 Å². The van der Waals surface area contributed by atoms with Crippen molar-refractivity contribution in [2.75, 3.05) is 6.54 Å². The maximum absolute atomic E-state index is 9.41. The fraction of sp³-hybridized carbons (Fsp3) is 0.538. The Morgan fingerprint density at radius 2 is 2.12 bits per heavy atom. The van der Waals surface area contributed by atoms with Crippen LogP contribution in [0.1, 0.15) is 26.3 Å². The number of phenols is 1. The summed E-state index contributed by atoms with van der Waals surface area (Å²) in [5.74, 6) is 0.304. The summed E-state index contributed by atoms with van der Waals surface area (Å²) >= 11 is 0. The molecule has 1 atom stereocenters. The van der Waals surface area contributed by atoms with Gasteiger partial charge in [-0.25, -0.2) is 0 Å². The standard InChI is InChI=1S/C13H19NO2/c1-12(2)9-14-13(3,16-12)8-10-5-4-6-11(15)7-10/h4-7,14-15H,8-9H2,1-3H3. The van der Waals surface area contributed by atoms with E-state index in [1.807, 2.05) is 19.1 Å². The molecule has 1 saturated heterocycles. The normalized spacial score (nSPS) is 28.2. The Labute approximate surface area is 96.4 Å². The summed E-state index contributed by atoms with van der Waals surface area (Å²) in [6.45, 7) is 7.05. The smallest absolute Gasteiger partial charge is 0.121 e. The lowest BCUT2D eigenvalue weighted by Crippen LogP contribution is -2.40. The number of nitrogens with one attached hydrogen (secondary N) is 1. The Kier molecular flexibility index (Phi) is 2.68. The third-order valence-corrected chi connectivity index (χ3v) is 2.84. The van der Waals surface area contributed by atoms with Gasteiger partial charge in [0, 0.05) is 13.0 Å². The van der Waals surface area contributed by atoms with Crippen LogP contribution in [0.4, 0.5) is 0 Å². The first-order valence-corrected chi connectivity index (χ1v) is 5.62. The molecule has 3 nitrogen and oxygen atoms in total. The van der Waals surface area contributed by atoms with Crippen molar-refractivity contribution in [3.8, 4) is 5.75 Å². The SMILES string of the molecule is CC1(C)CNC(C)(Cc2cccc(O)c2)O1. The van der Waals surface area contributed by atoms with Crippen LogP contribution in [-0.2, 0) is 11.2 Å². The largest absolute Gasteiger partial charge is 0.508 e. The van der Waals surface area contributed by atoms with Crippen LogP contribution in [0.3, 0.4) is 0 Å².